The van der Waals surface area contributed by atoms with E-state index in [4.69, 9.17) is 4.74 Å². The number of fused-ring (bicyclic) bond motifs is 1. The third kappa shape index (κ3) is 3.76. The van der Waals surface area contributed by atoms with Crippen LogP contribution < -0.4 is 4.72 Å². The molecule has 1 saturated heterocycles. The van der Waals surface area contributed by atoms with E-state index in [1.165, 1.54) is 11.1 Å². The largest absolute Gasteiger partial charge is 0.380 e. The standard InChI is InChI=1S/C17H26N2O3S/c1-17(2,13-18-23(20,21)16-8-10-22-12-16)19-9-7-14-5-3-4-6-15(14)11-19/h3-6,16,18H,7-13H2,1-2H3. The van der Waals surface area contributed by atoms with E-state index in [0.29, 0.717) is 26.2 Å². The molecule has 1 unspecified atom stereocenters. The Hall–Kier alpha value is -0.950. The topological polar surface area (TPSA) is 58.6 Å². The lowest BCUT2D eigenvalue weighted by molar-refractivity contribution is 0.108. The van der Waals surface area contributed by atoms with E-state index in [-0.39, 0.29) is 5.54 Å². The van der Waals surface area contributed by atoms with Crippen LogP contribution in [-0.4, -0.2) is 50.4 Å². The molecule has 23 heavy (non-hydrogen) atoms. The molecule has 1 aromatic rings. The summed E-state index contributed by atoms with van der Waals surface area (Å²) in [5.74, 6) is 0. The monoisotopic (exact) mass is 338 g/mol. The van der Waals surface area contributed by atoms with E-state index in [1.54, 1.807) is 0 Å². The molecule has 3 rings (SSSR count). The highest BCUT2D eigenvalue weighted by atomic mass is 32.2. The smallest absolute Gasteiger partial charge is 0.216 e. The van der Waals surface area contributed by atoms with Gasteiger partial charge in [0.15, 0.2) is 0 Å². The van der Waals surface area contributed by atoms with E-state index in [0.717, 1.165) is 19.5 Å². The summed E-state index contributed by atoms with van der Waals surface area (Å²) in [5, 5.41) is -0.402. The maximum absolute atomic E-state index is 12.4. The lowest BCUT2D eigenvalue weighted by Crippen LogP contribution is -2.54. The molecule has 0 bridgehead atoms. The van der Waals surface area contributed by atoms with Crippen LogP contribution in [0.25, 0.3) is 0 Å². The Bertz CT molecular complexity index is 652. The van der Waals surface area contributed by atoms with E-state index in [9.17, 15) is 8.42 Å². The van der Waals surface area contributed by atoms with Gasteiger partial charge in [0.1, 0.15) is 5.25 Å². The Morgan fingerprint density at radius 1 is 1.30 bits per heavy atom. The molecule has 2 heterocycles. The van der Waals surface area contributed by atoms with Crippen molar-refractivity contribution in [3.05, 3.63) is 35.4 Å². The highest BCUT2D eigenvalue weighted by Crippen LogP contribution is 2.25. The van der Waals surface area contributed by atoms with Gasteiger partial charge in [-0.05, 0) is 37.8 Å². The summed E-state index contributed by atoms with van der Waals surface area (Å²) >= 11 is 0. The molecule has 1 atom stereocenters. The van der Waals surface area contributed by atoms with Crippen LogP contribution in [0.2, 0.25) is 0 Å². The van der Waals surface area contributed by atoms with Crippen LogP contribution in [-0.2, 0) is 27.7 Å². The number of rotatable bonds is 5. The van der Waals surface area contributed by atoms with Crippen molar-refractivity contribution in [2.45, 2.75) is 44.0 Å². The van der Waals surface area contributed by atoms with Crippen molar-refractivity contribution >= 4 is 10.0 Å². The molecule has 2 aliphatic heterocycles. The van der Waals surface area contributed by atoms with Crippen molar-refractivity contribution < 1.29 is 13.2 Å². The first-order valence-electron chi connectivity index (χ1n) is 8.26. The van der Waals surface area contributed by atoms with Crippen molar-refractivity contribution in [3.8, 4) is 0 Å². The van der Waals surface area contributed by atoms with Crippen LogP contribution in [0.5, 0.6) is 0 Å². The maximum atomic E-state index is 12.4. The second-order valence-corrected chi connectivity index (χ2v) is 9.15. The highest BCUT2D eigenvalue weighted by molar-refractivity contribution is 7.90. The van der Waals surface area contributed by atoms with E-state index in [2.05, 4.69) is 47.7 Å². The van der Waals surface area contributed by atoms with Gasteiger partial charge in [0.2, 0.25) is 10.0 Å². The Balaban J connectivity index is 1.63. The first-order valence-corrected chi connectivity index (χ1v) is 9.81. The fourth-order valence-electron chi connectivity index (χ4n) is 3.28. The van der Waals surface area contributed by atoms with E-state index in [1.807, 2.05) is 0 Å². The van der Waals surface area contributed by atoms with Gasteiger partial charge in [0.25, 0.3) is 0 Å². The maximum Gasteiger partial charge on any atom is 0.216 e. The molecule has 0 aromatic heterocycles. The lowest BCUT2D eigenvalue weighted by Gasteiger charge is -2.41. The predicted molar refractivity (Wildman–Crippen MR) is 90.8 cm³/mol. The van der Waals surface area contributed by atoms with Crippen LogP contribution >= 0.6 is 0 Å². The third-order valence-electron chi connectivity index (χ3n) is 5.02. The van der Waals surface area contributed by atoms with Crippen LogP contribution in [0.1, 0.15) is 31.4 Å². The molecule has 0 saturated carbocycles. The molecular weight excluding hydrogens is 312 g/mol. The number of ether oxygens (including phenoxy) is 1. The minimum Gasteiger partial charge on any atom is -0.380 e. The van der Waals surface area contributed by atoms with Crippen molar-refractivity contribution in [1.82, 2.24) is 9.62 Å². The van der Waals surface area contributed by atoms with E-state index >= 15 is 0 Å². The average molecular weight is 338 g/mol. The zero-order valence-electron chi connectivity index (χ0n) is 13.9. The quantitative estimate of drug-likeness (QED) is 0.885. The van der Waals surface area contributed by atoms with Gasteiger partial charge in [-0.15, -0.1) is 0 Å². The second kappa shape index (κ2) is 6.51. The molecule has 6 heteroatoms. The van der Waals surface area contributed by atoms with Gasteiger partial charge in [-0.3, -0.25) is 4.90 Å². The lowest BCUT2D eigenvalue weighted by atomic mass is 9.94. The number of nitrogens with zero attached hydrogens (tertiary/aromatic N) is 1. The van der Waals surface area contributed by atoms with Gasteiger partial charge in [0, 0.05) is 31.8 Å². The molecule has 0 amide bonds. The molecule has 1 aromatic carbocycles. The summed E-state index contributed by atoms with van der Waals surface area (Å²) in [6, 6.07) is 8.50. The highest BCUT2D eigenvalue weighted by Gasteiger charge is 2.34. The molecule has 1 fully saturated rings. The van der Waals surface area contributed by atoms with Gasteiger partial charge in [-0.2, -0.15) is 0 Å². The normalized spacial score (nSPS) is 23.0. The summed E-state index contributed by atoms with van der Waals surface area (Å²) in [5.41, 5.74) is 2.53. The Morgan fingerprint density at radius 3 is 2.74 bits per heavy atom. The fraction of sp³-hybridized carbons (Fsp3) is 0.647. The SMILES string of the molecule is CC(C)(CNS(=O)(=O)C1CCOC1)N1CCc2ccccc2C1. The van der Waals surface area contributed by atoms with Crippen molar-refractivity contribution in [2.24, 2.45) is 0 Å². The van der Waals surface area contributed by atoms with Crippen molar-refractivity contribution in [2.75, 3.05) is 26.3 Å². The Kier molecular flexibility index (Phi) is 4.78. The van der Waals surface area contributed by atoms with Gasteiger partial charge in [-0.25, -0.2) is 13.1 Å². The van der Waals surface area contributed by atoms with Crippen LogP contribution in [0.4, 0.5) is 0 Å². The molecule has 0 aliphatic carbocycles. The summed E-state index contributed by atoms with van der Waals surface area (Å²) in [4.78, 5) is 2.36. The summed E-state index contributed by atoms with van der Waals surface area (Å²) in [7, 11) is -3.29. The predicted octanol–water partition coefficient (Wildman–Crippen LogP) is 1.53. The Morgan fingerprint density at radius 2 is 2.04 bits per heavy atom. The third-order valence-corrected chi connectivity index (χ3v) is 6.82. The molecular formula is C17H26N2O3S. The molecule has 5 nitrogen and oxygen atoms in total. The van der Waals surface area contributed by atoms with Gasteiger partial charge < -0.3 is 4.74 Å². The zero-order valence-corrected chi connectivity index (χ0v) is 14.7. The molecule has 0 radical (unpaired) electrons. The summed E-state index contributed by atoms with van der Waals surface area (Å²) < 4.78 is 32.7. The fourth-order valence-corrected chi connectivity index (χ4v) is 4.75. The van der Waals surface area contributed by atoms with Crippen molar-refractivity contribution in [3.63, 3.8) is 0 Å². The molecule has 128 valence electrons. The van der Waals surface area contributed by atoms with Gasteiger partial charge in [0.05, 0.1) is 6.61 Å². The number of nitrogens with one attached hydrogen (secondary N) is 1. The van der Waals surface area contributed by atoms with Gasteiger partial charge >= 0.3 is 0 Å². The minimum atomic E-state index is -3.29. The van der Waals surface area contributed by atoms with Crippen LogP contribution in [0, 0.1) is 0 Å². The van der Waals surface area contributed by atoms with Crippen LogP contribution in [0.15, 0.2) is 24.3 Å². The van der Waals surface area contributed by atoms with E-state index < -0.39 is 15.3 Å². The summed E-state index contributed by atoms with van der Waals surface area (Å²) in [6.07, 6.45) is 1.61. The van der Waals surface area contributed by atoms with Gasteiger partial charge in [-0.1, -0.05) is 24.3 Å². The summed E-state index contributed by atoms with van der Waals surface area (Å²) in [6.45, 7) is 7.32. The number of hydrogen-bond acceptors (Lipinski definition) is 4. The zero-order chi connectivity index (χ0) is 16.5. The van der Waals surface area contributed by atoms with Crippen molar-refractivity contribution in [1.29, 1.82) is 0 Å². The first kappa shape index (κ1) is 16.9. The number of hydrogen-bond donors (Lipinski definition) is 1. The Labute approximate surface area is 139 Å². The minimum absolute atomic E-state index is 0.222. The number of benzene rings is 1. The first-order chi connectivity index (χ1) is 10.9. The average Bonchev–Trinajstić information content (AvgIpc) is 3.08. The number of sulfonamides is 1. The molecule has 0 spiro atoms. The second-order valence-electron chi connectivity index (χ2n) is 7.10. The molecule has 2 aliphatic rings. The van der Waals surface area contributed by atoms with Crippen LogP contribution in [0.3, 0.4) is 0 Å². The molecule has 1 N–H and O–H groups in total.